The van der Waals surface area contributed by atoms with Gasteiger partial charge in [0.1, 0.15) is 0 Å². The van der Waals surface area contributed by atoms with Crippen molar-refractivity contribution >= 4 is 0 Å². The monoisotopic (exact) mass is 223 g/mol. The summed E-state index contributed by atoms with van der Waals surface area (Å²) in [5.74, 6) is 0. The number of nitrogens with one attached hydrogen (secondary N) is 1. The molecule has 1 aromatic rings. The number of imidazole rings is 1. The maximum Gasteiger partial charge on any atom is 0.0954 e. The number of rotatable bonds is 5. The smallest absolute Gasteiger partial charge is 0.0954 e. The van der Waals surface area contributed by atoms with E-state index >= 15 is 0 Å². The molecule has 0 saturated carbocycles. The number of hydrogen-bond acceptors (Lipinski definition) is 2. The zero-order valence-electron chi connectivity index (χ0n) is 11.5. The van der Waals surface area contributed by atoms with Crippen molar-refractivity contribution in [2.75, 3.05) is 6.54 Å². The van der Waals surface area contributed by atoms with Gasteiger partial charge in [-0.3, -0.25) is 0 Å². The largest absolute Gasteiger partial charge is 0.331 e. The van der Waals surface area contributed by atoms with Gasteiger partial charge in [0.2, 0.25) is 0 Å². The van der Waals surface area contributed by atoms with E-state index in [-0.39, 0.29) is 5.54 Å². The van der Waals surface area contributed by atoms with Gasteiger partial charge in [-0.05, 0) is 41.0 Å². The number of nitrogens with zero attached hydrogens (tertiary/aromatic N) is 2. The fourth-order valence-corrected chi connectivity index (χ4v) is 1.61. The molecule has 16 heavy (non-hydrogen) atoms. The molecule has 0 aliphatic rings. The molecule has 0 aromatic carbocycles. The first-order chi connectivity index (χ1) is 7.37. The van der Waals surface area contributed by atoms with Crippen molar-refractivity contribution < 1.29 is 0 Å². The van der Waals surface area contributed by atoms with Gasteiger partial charge in [0.05, 0.1) is 12.0 Å². The zero-order chi connectivity index (χ0) is 12.3. The molecule has 1 aromatic heterocycles. The number of aromatic nitrogens is 2. The Balaban J connectivity index is 2.60. The Labute approximate surface area is 99.3 Å². The molecule has 0 bridgehead atoms. The second-order valence-electron chi connectivity index (χ2n) is 5.29. The summed E-state index contributed by atoms with van der Waals surface area (Å²) in [6.07, 6.45) is 3.08. The van der Waals surface area contributed by atoms with E-state index in [1.54, 1.807) is 0 Å². The standard InChI is InChI=1S/C13H25N3/c1-7-13(5,6)15-8-10(2)16-9-14-11(3)12(16)4/h9-10,15H,7-8H2,1-6H3. The van der Waals surface area contributed by atoms with Crippen LogP contribution in [0.25, 0.3) is 0 Å². The van der Waals surface area contributed by atoms with Gasteiger partial charge in [-0.25, -0.2) is 4.98 Å². The van der Waals surface area contributed by atoms with Gasteiger partial charge in [-0.15, -0.1) is 0 Å². The van der Waals surface area contributed by atoms with Crippen LogP contribution in [0.5, 0.6) is 0 Å². The van der Waals surface area contributed by atoms with Crippen molar-refractivity contribution in [3.05, 3.63) is 17.7 Å². The van der Waals surface area contributed by atoms with E-state index in [4.69, 9.17) is 0 Å². The summed E-state index contributed by atoms with van der Waals surface area (Å²) in [6.45, 7) is 14.1. The molecule has 0 spiro atoms. The van der Waals surface area contributed by atoms with Crippen molar-refractivity contribution in [2.45, 2.75) is 59.5 Å². The molecule has 1 N–H and O–H groups in total. The summed E-state index contributed by atoms with van der Waals surface area (Å²) in [5, 5.41) is 3.59. The third kappa shape index (κ3) is 3.08. The number of aryl methyl sites for hydroxylation is 1. The molecule has 1 atom stereocenters. The van der Waals surface area contributed by atoms with Gasteiger partial charge in [-0.1, -0.05) is 6.92 Å². The Kier molecular flexibility index (Phi) is 4.14. The second kappa shape index (κ2) is 5.00. The molecule has 92 valence electrons. The van der Waals surface area contributed by atoms with Crippen LogP contribution in [0.3, 0.4) is 0 Å². The molecule has 1 heterocycles. The van der Waals surface area contributed by atoms with E-state index in [2.05, 4.69) is 56.4 Å². The van der Waals surface area contributed by atoms with Gasteiger partial charge in [0, 0.05) is 23.8 Å². The van der Waals surface area contributed by atoms with Crippen molar-refractivity contribution in [3.63, 3.8) is 0 Å². The Morgan fingerprint density at radius 1 is 1.44 bits per heavy atom. The van der Waals surface area contributed by atoms with Crippen molar-refractivity contribution in [1.29, 1.82) is 0 Å². The fourth-order valence-electron chi connectivity index (χ4n) is 1.61. The average Bonchev–Trinajstić information content (AvgIpc) is 2.57. The summed E-state index contributed by atoms with van der Waals surface area (Å²) in [5.41, 5.74) is 2.61. The van der Waals surface area contributed by atoms with Gasteiger partial charge < -0.3 is 9.88 Å². The first kappa shape index (κ1) is 13.2. The Morgan fingerprint density at radius 2 is 2.06 bits per heavy atom. The molecule has 3 heteroatoms. The highest BCUT2D eigenvalue weighted by molar-refractivity contribution is 5.09. The molecule has 1 rings (SSSR count). The molecular formula is C13H25N3. The summed E-state index contributed by atoms with van der Waals surface area (Å²) >= 11 is 0. The van der Waals surface area contributed by atoms with Crippen LogP contribution in [0, 0.1) is 13.8 Å². The van der Waals surface area contributed by atoms with Crippen LogP contribution in [-0.2, 0) is 0 Å². The summed E-state index contributed by atoms with van der Waals surface area (Å²) in [4.78, 5) is 4.34. The van der Waals surface area contributed by atoms with Crippen molar-refractivity contribution in [2.24, 2.45) is 0 Å². The van der Waals surface area contributed by atoms with Crippen LogP contribution in [-0.4, -0.2) is 21.6 Å². The van der Waals surface area contributed by atoms with E-state index < -0.39 is 0 Å². The lowest BCUT2D eigenvalue weighted by Gasteiger charge is -2.27. The minimum atomic E-state index is 0.220. The van der Waals surface area contributed by atoms with E-state index in [0.717, 1.165) is 18.7 Å². The summed E-state index contributed by atoms with van der Waals surface area (Å²) < 4.78 is 2.24. The van der Waals surface area contributed by atoms with Crippen molar-refractivity contribution in [3.8, 4) is 0 Å². The first-order valence-corrected chi connectivity index (χ1v) is 6.12. The quantitative estimate of drug-likeness (QED) is 0.832. The fraction of sp³-hybridized carbons (Fsp3) is 0.769. The third-order valence-corrected chi connectivity index (χ3v) is 3.52. The minimum absolute atomic E-state index is 0.220. The second-order valence-corrected chi connectivity index (χ2v) is 5.29. The van der Waals surface area contributed by atoms with E-state index in [1.165, 1.54) is 5.69 Å². The predicted octanol–water partition coefficient (Wildman–Crippen LogP) is 2.84. The lowest BCUT2D eigenvalue weighted by molar-refractivity contribution is 0.343. The first-order valence-electron chi connectivity index (χ1n) is 6.12. The normalized spacial score (nSPS) is 14.1. The Bertz CT molecular complexity index is 339. The Morgan fingerprint density at radius 3 is 2.50 bits per heavy atom. The van der Waals surface area contributed by atoms with Gasteiger partial charge >= 0.3 is 0 Å². The minimum Gasteiger partial charge on any atom is -0.331 e. The van der Waals surface area contributed by atoms with Crippen molar-refractivity contribution in [1.82, 2.24) is 14.9 Å². The molecule has 0 saturated heterocycles. The molecular weight excluding hydrogens is 198 g/mol. The molecule has 0 radical (unpaired) electrons. The lowest BCUT2D eigenvalue weighted by Crippen LogP contribution is -2.41. The summed E-state index contributed by atoms with van der Waals surface area (Å²) in [6, 6.07) is 0.451. The maximum atomic E-state index is 4.34. The average molecular weight is 223 g/mol. The molecule has 0 aliphatic carbocycles. The SMILES string of the molecule is CCC(C)(C)NCC(C)n1cnc(C)c1C. The van der Waals surface area contributed by atoms with Crippen LogP contribution in [0.2, 0.25) is 0 Å². The third-order valence-electron chi connectivity index (χ3n) is 3.52. The highest BCUT2D eigenvalue weighted by atomic mass is 15.1. The van der Waals surface area contributed by atoms with E-state index in [0.29, 0.717) is 6.04 Å². The van der Waals surface area contributed by atoms with E-state index in [1.807, 2.05) is 6.33 Å². The van der Waals surface area contributed by atoms with Gasteiger partial charge in [-0.2, -0.15) is 0 Å². The lowest BCUT2D eigenvalue weighted by atomic mass is 10.0. The number of hydrogen-bond donors (Lipinski definition) is 1. The zero-order valence-corrected chi connectivity index (χ0v) is 11.5. The van der Waals surface area contributed by atoms with Gasteiger partial charge in [0.25, 0.3) is 0 Å². The van der Waals surface area contributed by atoms with Gasteiger partial charge in [0.15, 0.2) is 0 Å². The topological polar surface area (TPSA) is 29.9 Å². The van der Waals surface area contributed by atoms with Crippen LogP contribution >= 0.6 is 0 Å². The maximum absolute atomic E-state index is 4.34. The van der Waals surface area contributed by atoms with E-state index in [9.17, 15) is 0 Å². The van der Waals surface area contributed by atoms with Crippen LogP contribution in [0.4, 0.5) is 0 Å². The molecule has 0 aliphatic heterocycles. The van der Waals surface area contributed by atoms with Crippen LogP contribution in [0.1, 0.15) is 51.5 Å². The Hall–Kier alpha value is -0.830. The molecule has 1 unspecified atom stereocenters. The molecule has 3 nitrogen and oxygen atoms in total. The highest BCUT2D eigenvalue weighted by Crippen LogP contribution is 2.14. The predicted molar refractivity (Wildman–Crippen MR) is 68.8 cm³/mol. The van der Waals surface area contributed by atoms with Crippen LogP contribution in [0.15, 0.2) is 6.33 Å². The summed E-state index contributed by atoms with van der Waals surface area (Å²) in [7, 11) is 0. The molecule has 0 fully saturated rings. The van der Waals surface area contributed by atoms with Crippen LogP contribution < -0.4 is 5.32 Å². The highest BCUT2D eigenvalue weighted by Gasteiger charge is 2.16. The molecule has 0 amide bonds.